The average Bonchev–Trinajstić information content (AvgIpc) is 3.05. The molecule has 1 aliphatic heterocycles. The number of likely N-dealkylation sites (tertiary alicyclic amines) is 1. The van der Waals surface area contributed by atoms with Crippen LogP contribution in [0.4, 0.5) is 0 Å². The van der Waals surface area contributed by atoms with E-state index in [1.165, 1.54) is 23.8 Å². The second-order valence-corrected chi connectivity index (χ2v) is 5.75. The lowest BCUT2D eigenvalue weighted by molar-refractivity contribution is -0.149. The second-order valence-electron chi connectivity index (χ2n) is 4.52. The van der Waals surface area contributed by atoms with E-state index in [4.69, 9.17) is 9.15 Å². The molecule has 1 fully saturated rings. The summed E-state index contributed by atoms with van der Waals surface area (Å²) < 4.78 is 10.0. The fourth-order valence-electron chi connectivity index (χ4n) is 2.30. The Hall–Kier alpha value is -1.47. The van der Waals surface area contributed by atoms with Gasteiger partial charge in [-0.1, -0.05) is 0 Å². The van der Waals surface area contributed by atoms with Gasteiger partial charge in [-0.05, 0) is 18.6 Å². The monoisotopic (exact) mass is 299 g/mol. The molecule has 2 heterocycles. The molecule has 2 atom stereocenters. The van der Waals surface area contributed by atoms with Gasteiger partial charge in [0.05, 0.1) is 12.0 Å². The predicted octanol–water partition coefficient (Wildman–Crippen LogP) is 1.21. The minimum atomic E-state index is -0.969. The van der Waals surface area contributed by atoms with Crippen LogP contribution in [0.2, 0.25) is 0 Å². The number of thioether (sulfide) groups is 1. The summed E-state index contributed by atoms with van der Waals surface area (Å²) in [4.78, 5) is 24.7. The third-order valence-corrected chi connectivity index (χ3v) is 4.58. The molecule has 0 radical (unpaired) electrons. The summed E-state index contributed by atoms with van der Waals surface area (Å²) in [5, 5.41) is 9.23. The molecule has 1 N–H and O–H groups in total. The SMILES string of the molecule is COCC(=O)N1CCC(SCc2ccco2)C1C(=O)O. The first-order chi connectivity index (χ1) is 9.63. The van der Waals surface area contributed by atoms with Crippen molar-refractivity contribution in [3.8, 4) is 0 Å². The summed E-state index contributed by atoms with van der Waals surface area (Å²) >= 11 is 1.51. The number of carboxylic acids is 1. The van der Waals surface area contributed by atoms with Gasteiger partial charge in [0.25, 0.3) is 0 Å². The molecule has 20 heavy (non-hydrogen) atoms. The average molecular weight is 299 g/mol. The Labute approximate surface area is 121 Å². The zero-order valence-corrected chi connectivity index (χ0v) is 12.0. The van der Waals surface area contributed by atoms with E-state index in [-0.39, 0.29) is 17.8 Å². The lowest BCUT2D eigenvalue weighted by Gasteiger charge is -2.24. The van der Waals surface area contributed by atoms with Crippen molar-refractivity contribution in [2.75, 3.05) is 20.3 Å². The molecule has 1 aromatic rings. The number of carbonyl (C=O) groups is 2. The van der Waals surface area contributed by atoms with Crippen molar-refractivity contribution >= 4 is 23.6 Å². The minimum Gasteiger partial charge on any atom is -0.480 e. The molecule has 6 nitrogen and oxygen atoms in total. The van der Waals surface area contributed by atoms with E-state index in [1.807, 2.05) is 6.07 Å². The van der Waals surface area contributed by atoms with Crippen molar-refractivity contribution in [2.24, 2.45) is 0 Å². The third-order valence-electron chi connectivity index (χ3n) is 3.20. The van der Waals surface area contributed by atoms with Gasteiger partial charge in [0.2, 0.25) is 5.91 Å². The number of ether oxygens (including phenoxy) is 1. The highest BCUT2D eigenvalue weighted by Crippen LogP contribution is 2.31. The summed E-state index contributed by atoms with van der Waals surface area (Å²) in [6.45, 7) is 0.369. The molecule has 110 valence electrons. The van der Waals surface area contributed by atoms with Gasteiger partial charge in [0.15, 0.2) is 0 Å². The van der Waals surface area contributed by atoms with Crippen LogP contribution < -0.4 is 0 Å². The highest BCUT2D eigenvalue weighted by Gasteiger charge is 2.42. The number of rotatable bonds is 6. The standard InChI is InChI=1S/C13H17NO5S/c1-18-7-11(15)14-5-4-10(12(14)13(16)17)20-8-9-3-2-6-19-9/h2-3,6,10,12H,4-5,7-8H2,1H3,(H,16,17). The lowest BCUT2D eigenvalue weighted by atomic mass is 10.2. The molecule has 1 aliphatic rings. The number of aliphatic carboxylic acids is 1. The fraction of sp³-hybridized carbons (Fsp3) is 0.538. The number of hydrogen-bond acceptors (Lipinski definition) is 5. The predicted molar refractivity (Wildman–Crippen MR) is 73.4 cm³/mol. The highest BCUT2D eigenvalue weighted by atomic mass is 32.2. The number of furan rings is 1. The van der Waals surface area contributed by atoms with E-state index >= 15 is 0 Å². The molecule has 0 spiro atoms. The summed E-state index contributed by atoms with van der Waals surface area (Å²) in [5.74, 6) is 0.166. The smallest absolute Gasteiger partial charge is 0.327 e. The number of hydrogen-bond donors (Lipinski definition) is 1. The van der Waals surface area contributed by atoms with Crippen molar-refractivity contribution in [3.05, 3.63) is 24.2 Å². The van der Waals surface area contributed by atoms with Crippen molar-refractivity contribution < 1.29 is 23.8 Å². The quantitative estimate of drug-likeness (QED) is 0.850. The molecule has 1 aromatic heterocycles. The highest BCUT2D eigenvalue weighted by molar-refractivity contribution is 7.99. The minimum absolute atomic E-state index is 0.0840. The van der Waals surface area contributed by atoms with Crippen molar-refractivity contribution in [1.29, 1.82) is 0 Å². The van der Waals surface area contributed by atoms with Gasteiger partial charge < -0.3 is 19.2 Å². The fourth-order valence-corrected chi connectivity index (χ4v) is 3.56. The molecular weight excluding hydrogens is 282 g/mol. The number of carboxylic acid groups (broad SMARTS) is 1. The molecule has 0 aromatic carbocycles. The Kier molecular flexibility index (Phi) is 5.08. The molecule has 1 saturated heterocycles. The van der Waals surface area contributed by atoms with E-state index < -0.39 is 12.0 Å². The summed E-state index contributed by atoms with van der Waals surface area (Å²) in [6.07, 6.45) is 2.26. The Morgan fingerprint density at radius 2 is 2.40 bits per heavy atom. The topological polar surface area (TPSA) is 80.0 Å². The molecule has 2 rings (SSSR count). The van der Waals surface area contributed by atoms with E-state index in [0.29, 0.717) is 18.7 Å². The molecule has 2 unspecified atom stereocenters. The Morgan fingerprint density at radius 3 is 3.00 bits per heavy atom. The van der Waals surface area contributed by atoms with Crippen LogP contribution in [0.15, 0.2) is 22.8 Å². The van der Waals surface area contributed by atoms with Crippen LogP contribution >= 0.6 is 11.8 Å². The maximum atomic E-state index is 11.8. The van der Waals surface area contributed by atoms with Crippen LogP contribution in [0.25, 0.3) is 0 Å². The second kappa shape index (κ2) is 6.81. The van der Waals surface area contributed by atoms with Gasteiger partial charge in [-0.15, -0.1) is 11.8 Å². The summed E-state index contributed by atoms with van der Waals surface area (Å²) in [7, 11) is 1.42. The maximum Gasteiger partial charge on any atom is 0.327 e. The molecule has 1 amide bonds. The number of amides is 1. The largest absolute Gasteiger partial charge is 0.480 e. The third kappa shape index (κ3) is 3.34. The molecular formula is C13H17NO5S. The van der Waals surface area contributed by atoms with Crippen molar-refractivity contribution in [1.82, 2.24) is 4.90 Å². The van der Waals surface area contributed by atoms with Crippen LogP contribution in [0.1, 0.15) is 12.2 Å². The van der Waals surface area contributed by atoms with Gasteiger partial charge >= 0.3 is 5.97 Å². The molecule has 7 heteroatoms. The lowest BCUT2D eigenvalue weighted by Crippen LogP contribution is -2.45. The number of carbonyl (C=O) groups excluding carboxylic acids is 1. The van der Waals surface area contributed by atoms with Crippen molar-refractivity contribution in [2.45, 2.75) is 23.5 Å². The zero-order valence-electron chi connectivity index (χ0n) is 11.2. The van der Waals surface area contributed by atoms with E-state index in [0.717, 1.165) is 5.76 Å². The van der Waals surface area contributed by atoms with E-state index in [1.54, 1.807) is 12.3 Å². The van der Waals surface area contributed by atoms with Crippen LogP contribution in [0, 0.1) is 0 Å². The Morgan fingerprint density at radius 1 is 1.60 bits per heavy atom. The van der Waals surface area contributed by atoms with Gasteiger partial charge in [0, 0.05) is 18.9 Å². The maximum absolute atomic E-state index is 11.8. The zero-order chi connectivity index (χ0) is 14.5. The van der Waals surface area contributed by atoms with Crippen LogP contribution in [0.5, 0.6) is 0 Å². The van der Waals surface area contributed by atoms with E-state index in [9.17, 15) is 14.7 Å². The first-order valence-corrected chi connectivity index (χ1v) is 7.33. The van der Waals surface area contributed by atoms with Gasteiger partial charge in [-0.25, -0.2) is 4.79 Å². The van der Waals surface area contributed by atoms with Crippen molar-refractivity contribution in [3.63, 3.8) is 0 Å². The Balaban J connectivity index is 1.98. The van der Waals surface area contributed by atoms with Crippen LogP contribution in [-0.4, -0.2) is 53.4 Å². The molecule has 0 bridgehead atoms. The Bertz CT molecular complexity index is 461. The van der Waals surface area contributed by atoms with Gasteiger partial charge in [-0.2, -0.15) is 0 Å². The van der Waals surface area contributed by atoms with Crippen LogP contribution in [-0.2, 0) is 20.1 Å². The summed E-state index contributed by atoms with van der Waals surface area (Å²) in [6, 6.07) is 2.86. The number of nitrogens with zero attached hydrogens (tertiary/aromatic N) is 1. The van der Waals surface area contributed by atoms with E-state index in [2.05, 4.69) is 0 Å². The summed E-state index contributed by atoms with van der Waals surface area (Å²) in [5.41, 5.74) is 0. The molecule has 0 aliphatic carbocycles. The number of methoxy groups -OCH3 is 1. The normalized spacial score (nSPS) is 22.1. The van der Waals surface area contributed by atoms with Gasteiger partial charge in [-0.3, -0.25) is 4.79 Å². The van der Waals surface area contributed by atoms with Gasteiger partial charge in [0.1, 0.15) is 18.4 Å². The first kappa shape index (κ1) is 14.9. The molecule has 0 saturated carbocycles. The van der Waals surface area contributed by atoms with Crippen LogP contribution in [0.3, 0.4) is 0 Å². The first-order valence-electron chi connectivity index (χ1n) is 6.28.